The van der Waals surface area contributed by atoms with Crippen LogP contribution in [-0.4, -0.2) is 37.9 Å². The summed E-state index contributed by atoms with van der Waals surface area (Å²) in [6.45, 7) is 10.7. The molecular formula is C24H27ClN4O2. The lowest BCUT2D eigenvalue weighted by atomic mass is 9.96. The Morgan fingerprint density at radius 3 is 2.32 bits per heavy atom. The Morgan fingerprint density at radius 2 is 1.71 bits per heavy atom. The maximum atomic E-state index is 12.9. The molecule has 0 saturated carbocycles. The lowest BCUT2D eigenvalue weighted by Crippen LogP contribution is -2.50. The maximum absolute atomic E-state index is 12.9. The molecule has 1 aliphatic heterocycles. The van der Waals surface area contributed by atoms with Gasteiger partial charge in [0.2, 0.25) is 0 Å². The van der Waals surface area contributed by atoms with Crippen molar-refractivity contribution in [3.63, 3.8) is 0 Å². The van der Waals surface area contributed by atoms with Gasteiger partial charge >= 0.3 is 6.09 Å². The smallest absolute Gasteiger partial charge is 0.410 e. The van der Waals surface area contributed by atoms with Crippen LogP contribution in [0.5, 0.6) is 0 Å². The van der Waals surface area contributed by atoms with Gasteiger partial charge in [0.25, 0.3) is 0 Å². The van der Waals surface area contributed by atoms with E-state index in [4.69, 9.17) is 21.4 Å². The summed E-state index contributed by atoms with van der Waals surface area (Å²) in [5.41, 5.74) is 3.83. The quantitative estimate of drug-likeness (QED) is 0.511. The molecule has 3 aromatic rings. The summed E-state index contributed by atoms with van der Waals surface area (Å²) in [6.07, 6.45) is 3.22. The van der Waals surface area contributed by atoms with Gasteiger partial charge in [-0.3, -0.25) is 14.6 Å². The molecular weight excluding hydrogens is 412 g/mol. The molecule has 1 aliphatic rings. The first-order valence-electron chi connectivity index (χ1n) is 10.3. The molecule has 0 atom stereocenters. The predicted molar refractivity (Wildman–Crippen MR) is 122 cm³/mol. The monoisotopic (exact) mass is 438 g/mol. The molecule has 0 radical (unpaired) electrons. The zero-order valence-corrected chi connectivity index (χ0v) is 19.3. The second-order valence-electron chi connectivity index (χ2n) is 9.47. The van der Waals surface area contributed by atoms with Gasteiger partial charge in [0.15, 0.2) is 0 Å². The van der Waals surface area contributed by atoms with Crippen molar-refractivity contribution in [2.75, 3.05) is 6.54 Å². The van der Waals surface area contributed by atoms with Crippen LogP contribution in [0.1, 0.15) is 40.3 Å². The molecule has 31 heavy (non-hydrogen) atoms. The molecule has 4 rings (SSSR count). The highest BCUT2D eigenvalue weighted by atomic mass is 35.5. The van der Waals surface area contributed by atoms with Gasteiger partial charge in [0.05, 0.1) is 17.8 Å². The number of amides is 1. The summed E-state index contributed by atoms with van der Waals surface area (Å²) < 4.78 is 7.72. The summed E-state index contributed by atoms with van der Waals surface area (Å²) in [5, 5.41) is 5.70. The molecule has 1 amide bonds. The minimum atomic E-state index is -0.554. The minimum Gasteiger partial charge on any atom is -0.444 e. The predicted octanol–water partition coefficient (Wildman–Crippen LogP) is 5.75. The van der Waals surface area contributed by atoms with Gasteiger partial charge in [0.1, 0.15) is 11.3 Å². The first-order chi connectivity index (χ1) is 14.5. The number of ether oxygens (including phenoxy) is 1. The summed E-state index contributed by atoms with van der Waals surface area (Å²) in [5.74, 6) is 0. The van der Waals surface area contributed by atoms with E-state index >= 15 is 0 Å². The van der Waals surface area contributed by atoms with Crippen molar-refractivity contribution in [3.8, 4) is 22.4 Å². The zero-order chi connectivity index (χ0) is 22.4. The van der Waals surface area contributed by atoms with Crippen LogP contribution in [0.15, 0.2) is 48.8 Å². The van der Waals surface area contributed by atoms with Gasteiger partial charge in [-0.25, -0.2) is 4.79 Å². The molecule has 2 aromatic heterocycles. The Kier molecular flexibility index (Phi) is 5.30. The Bertz CT molecular complexity index is 1100. The number of carbonyl (C=O) groups excluding carboxylic acids is 1. The van der Waals surface area contributed by atoms with Crippen molar-refractivity contribution < 1.29 is 9.53 Å². The number of fused-ring (bicyclic) bond motifs is 1. The Labute approximate surface area is 187 Å². The fourth-order valence-corrected chi connectivity index (χ4v) is 4.08. The largest absolute Gasteiger partial charge is 0.444 e. The minimum absolute atomic E-state index is 0.318. The van der Waals surface area contributed by atoms with Crippen LogP contribution >= 0.6 is 11.6 Å². The van der Waals surface area contributed by atoms with E-state index in [9.17, 15) is 4.79 Å². The Hall–Kier alpha value is -2.86. The third kappa shape index (κ3) is 4.30. The van der Waals surface area contributed by atoms with Crippen LogP contribution in [0, 0.1) is 0 Å². The fourth-order valence-electron chi connectivity index (χ4n) is 3.96. The number of nitrogens with zero attached hydrogens (tertiary/aromatic N) is 4. The van der Waals surface area contributed by atoms with Gasteiger partial charge in [-0.05, 0) is 64.4 Å². The number of benzene rings is 1. The lowest BCUT2D eigenvalue weighted by Gasteiger charge is -2.39. The number of rotatable bonds is 2. The van der Waals surface area contributed by atoms with Crippen LogP contribution in [0.3, 0.4) is 0 Å². The maximum Gasteiger partial charge on any atom is 0.410 e. The molecule has 3 heterocycles. The van der Waals surface area contributed by atoms with Gasteiger partial charge in [-0.2, -0.15) is 5.10 Å². The van der Waals surface area contributed by atoms with E-state index < -0.39 is 11.1 Å². The van der Waals surface area contributed by atoms with E-state index in [0.717, 1.165) is 28.1 Å². The Balaban J connectivity index is 1.87. The average Bonchev–Trinajstić information content (AvgIpc) is 3.08. The third-order valence-electron chi connectivity index (χ3n) is 5.21. The summed E-state index contributed by atoms with van der Waals surface area (Å²) in [4.78, 5) is 18.8. The van der Waals surface area contributed by atoms with Gasteiger partial charge < -0.3 is 4.74 Å². The van der Waals surface area contributed by atoms with Gasteiger partial charge in [-0.15, -0.1) is 0 Å². The molecule has 0 fully saturated rings. The summed E-state index contributed by atoms with van der Waals surface area (Å²) >= 11 is 6.12. The van der Waals surface area contributed by atoms with Crippen LogP contribution in [0.4, 0.5) is 4.79 Å². The van der Waals surface area contributed by atoms with Crippen LogP contribution in [-0.2, 0) is 16.8 Å². The SMILES string of the molecule is CC(C)(C)OC(=O)N1Cc2c(-c3ccncc3)c(-c3ccc(Cl)cc3)nn2C(C)(C)C1. The molecule has 0 saturated heterocycles. The van der Waals surface area contributed by atoms with Gasteiger partial charge in [-0.1, -0.05) is 23.7 Å². The molecule has 7 heteroatoms. The highest BCUT2D eigenvalue weighted by Gasteiger charge is 2.39. The van der Waals surface area contributed by atoms with Crippen molar-refractivity contribution in [2.45, 2.75) is 52.3 Å². The fraction of sp³-hybridized carbons (Fsp3) is 0.375. The van der Waals surface area contributed by atoms with Crippen molar-refractivity contribution in [3.05, 3.63) is 59.5 Å². The standard InChI is InChI=1S/C24H27ClN4O2/c1-23(2,3)31-22(30)28-14-19-20(16-10-12-26-13-11-16)21(17-6-8-18(25)9-7-17)27-29(19)24(4,5)15-28/h6-13H,14-15H2,1-5H3. The number of aromatic nitrogens is 3. The first-order valence-corrected chi connectivity index (χ1v) is 10.7. The van der Waals surface area contributed by atoms with E-state index in [1.807, 2.05) is 61.9 Å². The van der Waals surface area contributed by atoms with Crippen molar-refractivity contribution in [1.29, 1.82) is 0 Å². The summed E-state index contributed by atoms with van der Waals surface area (Å²) in [7, 11) is 0. The van der Waals surface area contributed by atoms with E-state index in [1.54, 1.807) is 17.3 Å². The Morgan fingerprint density at radius 1 is 1.06 bits per heavy atom. The van der Waals surface area contributed by atoms with E-state index in [-0.39, 0.29) is 6.09 Å². The number of hydrogen-bond acceptors (Lipinski definition) is 4. The van der Waals surface area contributed by atoms with Crippen molar-refractivity contribution >= 4 is 17.7 Å². The first kappa shape index (κ1) is 21.4. The second-order valence-corrected chi connectivity index (χ2v) is 9.91. The number of hydrogen-bond donors (Lipinski definition) is 0. The van der Waals surface area contributed by atoms with E-state index in [2.05, 4.69) is 18.8 Å². The highest BCUT2D eigenvalue weighted by Crippen LogP contribution is 2.40. The molecule has 1 aromatic carbocycles. The van der Waals surface area contributed by atoms with Crippen LogP contribution < -0.4 is 0 Å². The van der Waals surface area contributed by atoms with Crippen LogP contribution in [0.2, 0.25) is 5.02 Å². The highest BCUT2D eigenvalue weighted by molar-refractivity contribution is 6.30. The number of pyridine rings is 1. The molecule has 162 valence electrons. The van der Waals surface area contributed by atoms with Crippen LogP contribution in [0.25, 0.3) is 22.4 Å². The van der Waals surface area contributed by atoms with Crippen molar-refractivity contribution in [1.82, 2.24) is 19.7 Å². The normalized spacial score (nSPS) is 15.5. The average molecular weight is 439 g/mol. The number of halogens is 1. The molecule has 0 unspecified atom stereocenters. The molecule has 0 spiro atoms. The van der Waals surface area contributed by atoms with Crippen molar-refractivity contribution in [2.24, 2.45) is 0 Å². The second kappa shape index (κ2) is 7.68. The third-order valence-corrected chi connectivity index (χ3v) is 5.46. The van der Waals surface area contributed by atoms with E-state index in [0.29, 0.717) is 18.1 Å². The lowest BCUT2D eigenvalue weighted by molar-refractivity contribution is 0.00919. The molecule has 0 bridgehead atoms. The topological polar surface area (TPSA) is 60.2 Å². The molecule has 6 nitrogen and oxygen atoms in total. The number of carbonyl (C=O) groups is 1. The van der Waals surface area contributed by atoms with E-state index in [1.165, 1.54) is 0 Å². The molecule has 0 N–H and O–H groups in total. The molecule has 0 aliphatic carbocycles. The summed E-state index contributed by atoms with van der Waals surface area (Å²) in [6, 6.07) is 11.6. The zero-order valence-electron chi connectivity index (χ0n) is 18.5. The van der Waals surface area contributed by atoms with Gasteiger partial charge in [0, 0.05) is 35.1 Å².